The molecule has 2 heteroatoms. The first kappa shape index (κ1) is 14.3. The molecule has 0 aliphatic heterocycles. The predicted octanol–water partition coefficient (Wildman–Crippen LogP) is 3.92. The Labute approximate surface area is 116 Å². The number of hydrogen-bond acceptors (Lipinski definition) is 2. The highest BCUT2D eigenvalue weighted by atomic mass is 16.5. The zero-order valence-electron chi connectivity index (χ0n) is 11.9. The molecule has 19 heavy (non-hydrogen) atoms. The van der Waals surface area contributed by atoms with Crippen LogP contribution < -0.4 is 0 Å². The van der Waals surface area contributed by atoms with E-state index in [9.17, 15) is 4.79 Å². The molecule has 0 bridgehead atoms. The van der Waals surface area contributed by atoms with Gasteiger partial charge in [-0.25, -0.2) is 0 Å². The zero-order valence-corrected chi connectivity index (χ0v) is 11.9. The molecule has 0 saturated heterocycles. The van der Waals surface area contributed by atoms with Crippen molar-refractivity contribution in [3.8, 4) is 0 Å². The quantitative estimate of drug-likeness (QED) is 0.695. The smallest absolute Gasteiger partial charge is 0.133 e. The van der Waals surface area contributed by atoms with Crippen LogP contribution in [-0.4, -0.2) is 12.9 Å². The third-order valence-corrected chi connectivity index (χ3v) is 3.98. The van der Waals surface area contributed by atoms with Gasteiger partial charge in [-0.15, -0.1) is 0 Å². The minimum absolute atomic E-state index is 0.470. The lowest BCUT2D eigenvalue weighted by Crippen LogP contribution is -1.96. The molecule has 1 fully saturated rings. The van der Waals surface area contributed by atoms with Gasteiger partial charge in [-0.2, -0.15) is 0 Å². The first-order valence-corrected chi connectivity index (χ1v) is 7.36. The van der Waals surface area contributed by atoms with E-state index >= 15 is 0 Å². The van der Waals surface area contributed by atoms with Crippen LogP contribution in [0, 0.1) is 5.92 Å². The second kappa shape index (κ2) is 7.44. The molecule has 0 N–H and O–H groups in total. The van der Waals surface area contributed by atoms with Crippen LogP contribution in [0.4, 0.5) is 0 Å². The summed E-state index contributed by atoms with van der Waals surface area (Å²) in [6, 6.07) is 8.65. The molecule has 0 radical (unpaired) electrons. The Morgan fingerprint density at radius 2 is 2.11 bits per heavy atom. The second-order valence-corrected chi connectivity index (χ2v) is 5.65. The molecule has 1 saturated carbocycles. The van der Waals surface area contributed by atoms with Crippen LogP contribution in [0.1, 0.15) is 49.7 Å². The number of methoxy groups -OCH3 is 1. The molecule has 2 rings (SSSR count). The fourth-order valence-corrected chi connectivity index (χ4v) is 2.94. The van der Waals surface area contributed by atoms with E-state index in [-0.39, 0.29) is 0 Å². The fraction of sp³-hybridized carbons (Fsp3) is 0.588. The SMILES string of the molecule is COCc1cccc(CCCCC2CCC(=O)C2)c1. The average Bonchev–Trinajstić information content (AvgIpc) is 2.82. The molecule has 0 amide bonds. The zero-order chi connectivity index (χ0) is 13.5. The molecule has 0 spiro atoms. The van der Waals surface area contributed by atoms with Crippen LogP contribution in [-0.2, 0) is 22.6 Å². The number of benzene rings is 1. The van der Waals surface area contributed by atoms with Crippen molar-refractivity contribution in [1.29, 1.82) is 0 Å². The van der Waals surface area contributed by atoms with Crippen molar-refractivity contribution in [3.63, 3.8) is 0 Å². The lowest BCUT2D eigenvalue weighted by molar-refractivity contribution is -0.117. The lowest BCUT2D eigenvalue weighted by atomic mass is 9.98. The van der Waals surface area contributed by atoms with Crippen molar-refractivity contribution < 1.29 is 9.53 Å². The number of hydrogen-bond donors (Lipinski definition) is 0. The summed E-state index contributed by atoms with van der Waals surface area (Å²) in [5, 5.41) is 0. The Morgan fingerprint density at radius 3 is 2.84 bits per heavy atom. The van der Waals surface area contributed by atoms with E-state index in [1.807, 2.05) is 0 Å². The van der Waals surface area contributed by atoms with Gasteiger partial charge in [0, 0.05) is 20.0 Å². The normalized spacial score (nSPS) is 19.0. The Hall–Kier alpha value is -1.15. The number of ketones is 1. The van der Waals surface area contributed by atoms with Crippen LogP contribution in [0.2, 0.25) is 0 Å². The number of carbonyl (C=O) groups excluding carboxylic acids is 1. The van der Waals surface area contributed by atoms with Crippen LogP contribution in [0.15, 0.2) is 24.3 Å². The van der Waals surface area contributed by atoms with Crippen LogP contribution in [0.25, 0.3) is 0 Å². The summed E-state index contributed by atoms with van der Waals surface area (Å²) in [5.74, 6) is 1.14. The maximum absolute atomic E-state index is 11.2. The van der Waals surface area contributed by atoms with Crippen molar-refractivity contribution >= 4 is 5.78 Å². The first-order valence-electron chi connectivity index (χ1n) is 7.36. The topological polar surface area (TPSA) is 26.3 Å². The number of aryl methyl sites for hydroxylation is 1. The van der Waals surface area contributed by atoms with Gasteiger partial charge < -0.3 is 4.74 Å². The van der Waals surface area contributed by atoms with Gasteiger partial charge in [0.15, 0.2) is 0 Å². The van der Waals surface area contributed by atoms with Gasteiger partial charge in [-0.3, -0.25) is 4.79 Å². The molecule has 1 unspecified atom stereocenters. The maximum Gasteiger partial charge on any atom is 0.133 e. The minimum Gasteiger partial charge on any atom is -0.380 e. The van der Waals surface area contributed by atoms with Gasteiger partial charge in [0.05, 0.1) is 6.61 Å². The first-order chi connectivity index (χ1) is 9.28. The Balaban J connectivity index is 1.67. The molecule has 1 aromatic rings. The van der Waals surface area contributed by atoms with Crippen molar-refractivity contribution in [3.05, 3.63) is 35.4 Å². The number of unbranched alkanes of at least 4 members (excludes halogenated alkanes) is 1. The van der Waals surface area contributed by atoms with Gasteiger partial charge in [0.1, 0.15) is 5.78 Å². The van der Waals surface area contributed by atoms with Crippen molar-refractivity contribution in [2.45, 2.75) is 51.6 Å². The molecule has 1 aliphatic carbocycles. The van der Waals surface area contributed by atoms with Crippen LogP contribution >= 0.6 is 0 Å². The molecule has 104 valence electrons. The Kier molecular flexibility index (Phi) is 5.59. The largest absolute Gasteiger partial charge is 0.380 e. The van der Waals surface area contributed by atoms with E-state index in [1.54, 1.807) is 7.11 Å². The highest BCUT2D eigenvalue weighted by Crippen LogP contribution is 2.26. The third-order valence-electron chi connectivity index (χ3n) is 3.98. The van der Waals surface area contributed by atoms with E-state index in [0.29, 0.717) is 18.3 Å². The molecular weight excluding hydrogens is 236 g/mol. The van der Waals surface area contributed by atoms with Gasteiger partial charge in [0.2, 0.25) is 0 Å². The van der Waals surface area contributed by atoms with Gasteiger partial charge in [0.25, 0.3) is 0 Å². The van der Waals surface area contributed by atoms with E-state index in [1.165, 1.54) is 30.4 Å². The maximum atomic E-state index is 11.2. The van der Waals surface area contributed by atoms with E-state index in [0.717, 1.165) is 25.7 Å². The summed E-state index contributed by atoms with van der Waals surface area (Å²) < 4.78 is 5.15. The molecular formula is C17H24O2. The van der Waals surface area contributed by atoms with E-state index in [4.69, 9.17) is 4.74 Å². The molecule has 1 atom stereocenters. The van der Waals surface area contributed by atoms with Gasteiger partial charge in [-0.1, -0.05) is 30.7 Å². The summed E-state index contributed by atoms with van der Waals surface area (Å²) in [6.07, 6.45) is 7.62. The van der Waals surface area contributed by atoms with E-state index in [2.05, 4.69) is 24.3 Å². The summed E-state index contributed by atoms with van der Waals surface area (Å²) in [7, 11) is 1.73. The Morgan fingerprint density at radius 1 is 1.26 bits per heavy atom. The van der Waals surface area contributed by atoms with Crippen molar-refractivity contribution in [2.24, 2.45) is 5.92 Å². The monoisotopic (exact) mass is 260 g/mol. The standard InChI is InChI=1S/C17H24O2/c1-19-13-16-8-4-7-14(11-16)5-2-3-6-15-9-10-17(18)12-15/h4,7-8,11,15H,2-3,5-6,9-10,12-13H2,1H3. The van der Waals surface area contributed by atoms with Crippen molar-refractivity contribution in [2.75, 3.05) is 7.11 Å². The molecule has 2 nitrogen and oxygen atoms in total. The predicted molar refractivity (Wildman–Crippen MR) is 77.1 cm³/mol. The summed E-state index contributed by atoms with van der Waals surface area (Å²) in [4.78, 5) is 11.2. The van der Waals surface area contributed by atoms with Gasteiger partial charge in [-0.05, 0) is 42.7 Å². The average molecular weight is 260 g/mol. The summed E-state index contributed by atoms with van der Waals surface area (Å²) >= 11 is 0. The fourth-order valence-electron chi connectivity index (χ4n) is 2.94. The second-order valence-electron chi connectivity index (χ2n) is 5.65. The van der Waals surface area contributed by atoms with Gasteiger partial charge >= 0.3 is 0 Å². The summed E-state index contributed by atoms with van der Waals surface area (Å²) in [5.41, 5.74) is 2.65. The Bertz CT molecular complexity index is 411. The highest BCUT2D eigenvalue weighted by molar-refractivity contribution is 5.80. The molecule has 1 aromatic carbocycles. The van der Waals surface area contributed by atoms with Crippen LogP contribution in [0.3, 0.4) is 0 Å². The molecule has 0 heterocycles. The van der Waals surface area contributed by atoms with Crippen LogP contribution in [0.5, 0.6) is 0 Å². The molecule has 0 aromatic heterocycles. The number of rotatable bonds is 7. The summed E-state index contributed by atoms with van der Waals surface area (Å²) in [6.45, 7) is 0.692. The van der Waals surface area contributed by atoms with Crippen molar-refractivity contribution in [1.82, 2.24) is 0 Å². The highest BCUT2D eigenvalue weighted by Gasteiger charge is 2.21. The minimum atomic E-state index is 0.470. The number of Topliss-reactive ketones (excluding diaryl/α,β-unsaturated/α-hetero) is 1. The van der Waals surface area contributed by atoms with E-state index < -0.39 is 0 Å². The molecule has 1 aliphatic rings. The lowest BCUT2D eigenvalue weighted by Gasteiger charge is -2.08. The number of carbonyl (C=O) groups is 1. The third kappa shape index (κ3) is 4.79. The number of ether oxygens (including phenoxy) is 1.